The Bertz CT molecular complexity index is 351. The molecule has 0 aromatic heterocycles. The van der Waals surface area contributed by atoms with Gasteiger partial charge in [-0.15, -0.1) is 6.58 Å². The number of hydrogen-bond donors (Lipinski definition) is 0. The highest BCUT2D eigenvalue weighted by Crippen LogP contribution is 2.37. The van der Waals surface area contributed by atoms with Crippen molar-refractivity contribution in [2.45, 2.75) is 25.7 Å². The van der Waals surface area contributed by atoms with E-state index in [9.17, 15) is 0 Å². The first-order valence-corrected chi connectivity index (χ1v) is 6.03. The Kier molecular flexibility index (Phi) is 5.17. The van der Waals surface area contributed by atoms with E-state index >= 15 is 0 Å². The van der Waals surface area contributed by atoms with Crippen LogP contribution in [0.2, 0.25) is 10.0 Å². The lowest BCUT2D eigenvalue weighted by Gasteiger charge is -2.15. The maximum Gasteiger partial charge on any atom is 0.156 e. The van der Waals surface area contributed by atoms with Gasteiger partial charge in [-0.25, -0.2) is 0 Å². The molecule has 1 atom stereocenters. The largest absolute Gasteiger partial charge is 0.494 e. The molecule has 1 aromatic rings. The predicted octanol–water partition coefficient (Wildman–Crippen LogP) is 5.07. The number of methoxy groups -OCH3 is 1. The summed E-state index contributed by atoms with van der Waals surface area (Å²) >= 11 is 12.2. The molecule has 0 aliphatic carbocycles. The van der Waals surface area contributed by atoms with Crippen molar-refractivity contribution in [1.82, 2.24) is 0 Å². The van der Waals surface area contributed by atoms with Gasteiger partial charge in [0.25, 0.3) is 0 Å². The summed E-state index contributed by atoms with van der Waals surface area (Å²) in [4.78, 5) is 0. The highest BCUT2D eigenvalue weighted by Gasteiger charge is 2.13. The van der Waals surface area contributed by atoms with Gasteiger partial charge in [-0.05, 0) is 36.5 Å². The van der Waals surface area contributed by atoms with Gasteiger partial charge in [0.15, 0.2) is 5.75 Å². The molecule has 0 radical (unpaired) electrons. The lowest BCUT2D eigenvalue weighted by atomic mass is 9.93. The van der Waals surface area contributed by atoms with Gasteiger partial charge in [0.1, 0.15) is 0 Å². The van der Waals surface area contributed by atoms with Crippen molar-refractivity contribution in [3.8, 4) is 5.75 Å². The SMILES string of the molecule is C=CCC(CC)c1cc(Cl)c(OC)c(Cl)c1. The first-order chi connectivity index (χ1) is 7.63. The number of hydrogen-bond acceptors (Lipinski definition) is 1. The van der Waals surface area contributed by atoms with E-state index in [0.29, 0.717) is 21.7 Å². The van der Waals surface area contributed by atoms with Crippen LogP contribution in [-0.2, 0) is 0 Å². The third kappa shape index (κ3) is 2.93. The minimum absolute atomic E-state index is 0.415. The summed E-state index contributed by atoms with van der Waals surface area (Å²) in [7, 11) is 1.56. The smallest absolute Gasteiger partial charge is 0.156 e. The summed E-state index contributed by atoms with van der Waals surface area (Å²) in [5.74, 6) is 0.957. The van der Waals surface area contributed by atoms with Crippen LogP contribution in [0.4, 0.5) is 0 Å². The Morgan fingerprint density at radius 2 is 1.94 bits per heavy atom. The average molecular weight is 259 g/mol. The molecule has 0 saturated carbocycles. The lowest BCUT2D eigenvalue weighted by Crippen LogP contribution is -1.97. The molecule has 0 heterocycles. The Labute approximate surface area is 107 Å². The summed E-state index contributed by atoms with van der Waals surface area (Å²) in [5.41, 5.74) is 1.14. The first-order valence-electron chi connectivity index (χ1n) is 5.27. The van der Waals surface area contributed by atoms with Crippen molar-refractivity contribution < 1.29 is 4.74 Å². The molecule has 0 saturated heterocycles. The summed E-state index contributed by atoms with van der Waals surface area (Å²) in [6.45, 7) is 5.90. The van der Waals surface area contributed by atoms with Crippen LogP contribution < -0.4 is 4.74 Å². The summed E-state index contributed by atoms with van der Waals surface area (Å²) in [6.07, 6.45) is 3.88. The fourth-order valence-electron chi connectivity index (χ4n) is 1.75. The molecule has 1 aromatic carbocycles. The molecule has 1 rings (SSSR count). The second kappa shape index (κ2) is 6.17. The van der Waals surface area contributed by atoms with Crippen molar-refractivity contribution in [2.24, 2.45) is 0 Å². The Hall–Kier alpha value is -0.660. The number of rotatable bonds is 5. The molecular weight excluding hydrogens is 243 g/mol. The van der Waals surface area contributed by atoms with Gasteiger partial charge in [-0.3, -0.25) is 0 Å². The third-order valence-corrected chi connectivity index (χ3v) is 3.20. The molecule has 0 bridgehead atoms. The second-order valence-electron chi connectivity index (χ2n) is 3.65. The summed E-state index contributed by atoms with van der Waals surface area (Å²) in [6, 6.07) is 3.84. The van der Waals surface area contributed by atoms with Gasteiger partial charge in [-0.1, -0.05) is 36.2 Å². The van der Waals surface area contributed by atoms with E-state index in [0.717, 1.165) is 18.4 Å². The Balaban J connectivity index is 3.10. The molecule has 16 heavy (non-hydrogen) atoms. The fourth-order valence-corrected chi connectivity index (χ4v) is 2.41. The van der Waals surface area contributed by atoms with Gasteiger partial charge in [-0.2, -0.15) is 0 Å². The van der Waals surface area contributed by atoms with Crippen LogP contribution in [0, 0.1) is 0 Å². The Morgan fingerprint density at radius 1 is 1.38 bits per heavy atom. The zero-order chi connectivity index (χ0) is 12.1. The number of halogens is 2. The minimum Gasteiger partial charge on any atom is -0.494 e. The minimum atomic E-state index is 0.415. The number of benzene rings is 1. The van der Waals surface area contributed by atoms with Gasteiger partial charge < -0.3 is 4.74 Å². The molecule has 0 amide bonds. The normalized spacial score (nSPS) is 12.2. The van der Waals surface area contributed by atoms with Gasteiger partial charge in [0.05, 0.1) is 17.2 Å². The van der Waals surface area contributed by atoms with E-state index in [1.54, 1.807) is 7.11 Å². The van der Waals surface area contributed by atoms with Crippen molar-refractivity contribution in [2.75, 3.05) is 7.11 Å². The van der Waals surface area contributed by atoms with Crippen molar-refractivity contribution >= 4 is 23.2 Å². The molecule has 1 nitrogen and oxygen atoms in total. The lowest BCUT2D eigenvalue weighted by molar-refractivity contribution is 0.415. The van der Waals surface area contributed by atoms with E-state index in [2.05, 4.69) is 13.5 Å². The maximum atomic E-state index is 6.10. The van der Waals surface area contributed by atoms with Crippen LogP contribution in [0.15, 0.2) is 24.8 Å². The fraction of sp³-hybridized carbons (Fsp3) is 0.385. The molecule has 0 fully saturated rings. The van der Waals surface area contributed by atoms with Crippen LogP contribution in [0.25, 0.3) is 0 Å². The van der Waals surface area contributed by atoms with Crippen LogP contribution in [0.1, 0.15) is 31.2 Å². The maximum absolute atomic E-state index is 6.10. The molecule has 88 valence electrons. The average Bonchev–Trinajstić information content (AvgIpc) is 2.25. The van der Waals surface area contributed by atoms with E-state index < -0.39 is 0 Å². The zero-order valence-corrected chi connectivity index (χ0v) is 11.1. The van der Waals surface area contributed by atoms with Crippen LogP contribution in [0.5, 0.6) is 5.75 Å². The second-order valence-corrected chi connectivity index (χ2v) is 4.46. The summed E-state index contributed by atoms with van der Waals surface area (Å²) < 4.78 is 5.12. The van der Waals surface area contributed by atoms with E-state index in [1.165, 1.54) is 0 Å². The molecule has 1 unspecified atom stereocenters. The Morgan fingerprint density at radius 3 is 2.31 bits per heavy atom. The molecule has 0 N–H and O–H groups in total. The predicted molar refractivity (Wildman–Crippen MR) is 70.9 cm³/mol. The number of allylic oxidation sites excluding steroid dienone is 1. The van der Waals surface area contributed by atoms with E-state index in [-0.39, 0.29) is 0 Å². The van der Waals surface area contributed by atoms with Crippen molar-refractivity contribution in [1.29, 1.82) is 0 Å². The third-order valence-electron chi connectivity index (χ3n) is 2.64. The van der Waals surface area contributed by atoms with Crippen molar-refractivity contribution in [3.63, 3.8) is 0 Å². The zero-order valence-electron chi connectivity index (χ0n) is 9.59. The molecule has 0 aliphatic heterocycles. The van der Waals surface area contributed by atoms with Gasteiger partial charge in [0.2, 0.25) is 0 Å². The quantitative estimate of drug-likeness (QED) is 0.670. The standard InChI is InChI=1S/C13H16Cl2O/c1-4-6-9(5-2)10-7-11(14)13(16-3)12(15)8-10/h4,7-9H,1,5-6H2,2-3H3. The van der Waals surface area contributed by atoms with Gasteiger partial charge in [0, 0.05) is 0 Å². The van der Waals surface area contributed by atoms with Crippen LogP contribution >= 0.6 is 23.2 Å². The van der Waals surface area contributed by atoms with Gasteiger partial charge >= 0.3 is 0 Å². The first kappa shape index (κ1) is 13.4. The van der Waals surface area contributed by atoms with E-state index in [1.807, 2.05) is 18.2 Å². The highest BCUT2D eigenvalue weighted by molar-refractivity contribution is 6.37. The van der Waals surface area contributed by atoms with Crippen LogP contribution in [-0.4, -0.2) is 7.11 Å². The monoisotopic (exact) mass is 258 g/mol. The highest BCUT2D eigenvalue weighted by atomic mass is 35.5. The molecule has 0 spiro atoms. The summed E-state index contributed by atoms with van der Waals surface area (Å²) in [5, 5.41) is 1.13. The number of ether oxygens (including phenoxy) is 1. The van der Waals surface area contributed by atoms with E-state index in [4.69, 9.17) is 27.9 Å². The molecular formula is C13H16Cl2O. The molecule has 0 aliphatic rings. The van der Waals surface area contributed by atoms with Crippen molar-refractivity contribution in [3.05, 3.63) is 40.4 Å². The topological polar surface area (TPSA) is 9.23 Å². The van der Waals surface area contributed by atoms with Crippen LogP contribution in [0.3, 0.4) is 0 Å². The molecule has 3 heteroatoms.